The van der Waals surface area contributed by atoms with Gasteiger partial charge < -0.3 is 9.63 Å². The normalized spacial score (nSPS) is 12.2. The molecular weight excluding hydrogens is 376 g/mol. The summed E-state index contributed by atoms with van der Waals surface area (Å²) in [6, 6.07) is 14.3. The number of hydrogen-bond donors (Lipinski definition) is 2. The highest BCUT2D eigenvalue weighted by Crippen LogP contribution is 2.30. The summed E-state index contributed by atoms with van der Waals surface area (Å²) in [5.41, 5.74) is 2.80. The molecule has 0 aliphatic carbocycles. The fourth-order valence-electron chi connectivity index (χ4n) is 2.93. The van der Waals surface area contributed by atoms with Gasteiger partial charge in [0.15, 0.2) is 0 Å². The predicted molar refractivity (Wildman–Crippen MR) is 109 cm³/mol. The number of rotatable bonds is 6. The number of aromatic nitrogens is 1. The summed E-state index contributed by atoms with van der Waals surface area (Å²) in [7, 11) is -3.86. The van der Waals surface area contributed by atoms with Crippen LogP contribution in [0.3, 0.4) is 0 Å². The van der Waals surface area contributed by atoms with E-state index >= 15 is 0 Å². The quantitative estimate of drug-likeness (QED) is 0.651. The zero-order chi connectivity index (χ0) is 20.5. The van der Waals surface area contributed by atoms with E-state index in [1.54, 1.807) is 52.0 Å². The van der Waals surface area contributed by atoms with E-state index < -0.39 is 15.6 Å². The fraction of sp³-hybridized carbons (Fsp3) is 0.286. The predicted octanol–water partition coefficient (Wildman–Crippen LogP) is 4.07. The largest absolute Gasteiger partial charge is 0.390 e. The average molecular weight is 401 g/mol. The van der Waals surface area contributed by atoms with Crippen LogP contribution in [-0.2, 0) is 16.4 Å². The van der Waals surface area contributed by atoms with Crippen LogP contribution in [0.25, 0.3) is 11.1 Å². The lowest BCUT2D eigenvalue weighted by atomic mass is 9.96. The summed E-state index contributed by atoms with van der Waals surface area (Å²) < 4.78 is 33.5. The van der Waals surface area contributed by atoms with E-state index in [1.807, 2.05) is 24.3 Å². The van der Waals surface area contributed by atoms with E-state index in [2.05, 4.69) is 9.88 Å². The minimum Gasteiger partial charge on any atom is -0.390 e. The second-order valence-corrected chi connectivity index (χ2v) is 9.16. The van der Waals surface area contributed by atoms with Gasteiger partial charge in [0.1, 0.15) is 0 Å². The highest BCUT2D eigenvalue weighted by Gasteiger charge is 2.22. The lowest BCUT2D eigenvalue weighted by Crippen LogP contribution is -2.21. The third kappa shape index (κ3) is 4.43. The van der Waals surface area contributed by atoms with Crippen LogP contribution < -0.4 is 4.72 Å². The lowest BCUT2D eigenvalue weighted by Gasteiger charge is -2.17. The Morgan fingerprint density at radius 2 is 1.71 bits per heavy atom. The van der Waals surface area contributed by atoms with Gasteiger partial charge >= 0.3 is 0 Å². The number of anilines is 1. The third-order valence-electron chi connectivity index (χ3n) is 4.46. The summed E-state index contributed by atoms with van der Waals surface area (Å²) in [5.74, 6) is 0.118. The number of aryl methyl sites for hydroxylation is 1. The fourth-order valence-corrected chi connectivity index (χ4v) is 4.21. The van der Waals surface area contributed by atoms with Crippen molar-refractivity contribution in [1.82, 2.24) is 5.16 Å². The van der Waals surface area contributed by atoms with Gasteiger partial charge in [0.25, 0.3) is 10.0 Å². The Morgan fingerprint density at radius 3 is 2.29 bits per heavy atom. The van der Waals surface area contributed by atoms with Crippen LogP contribution in [0.2, 0.25) is 0 Å². The highest BCUT2D eigenvalue weighted by atomic mass is 32.2. The lowest BCUT2D eigenvalue weighted by molar-refractivity contribution is 0.0810. The van der Waals surface area contributed by atoms with Crippen LogP contribution in [0.5, 0.6) is 0 Å². The SMILES string of the molecule is Cc1noc(NS(=O)(=O)c2ccccc2-c2ccc(CC(C)(C)O)cc2)c1C. The smallest absolute Gasteiger partial charge is 0.264 e. The number of sulfonamides is 1. The number of nitrogens with one attached hydrogen (secondary N) is 1. The maximum Gasteiger partial charge on any atom is 0.264 e. The van der Waals surface area contributed by atoms with Gasteiger partial charge in [0.2, 0.25) is 5.88 Å². The molecule has 0 aliphatic rings. The summed E-state index contributed by atoms with van der Waals surface area (Å²) in [4.78, 5) is 0.152. The molecule has 28 heavy (non-hydrogen) atoms. The van der Waals surface area contributed by atoms with Crippen molar-refractivity contribution < 1.29 is 18.0 Å². The van der Waals surface area contributed by atoms with Crippen molar-refractivity contribution in [3.05, 3.63) is 65.4 Å². The van der Waals surface area contributed by atoms with Gasteiger partial charge in [0, 0.05) is 17.5 Å². The van der Waals surface area contributed by atoms with Gasteiger partial charge in [-0.05, 0) is 44.9 Å². The van der Waals surface area contributed by atoms with E-state index in [9.17, 15) is 13.5 Å². The summed E-state index contributed by atoms with van der Waals surface area (Å²) in [6.07, 6.45) is 0.513. The van der Waals surface area contributed by atoms with Crippen molar-refractivity contribution in [3.63, 3.8) is 0 Å². The van der Waals surface area contributed by atoms with Crippen LogP contribution in [0.15, 0.2) is 57.9 Å². The molecule has 3 rings (SSSR count). The van der Waals surface area contributed by atoms with Crippen LogP contribution >= 0.6 is 0 Å². The molecule has 0 atom stereocenters. The molecule has 0 fully saturated rings. The molecule has 0 aliphatic heterocycles. The number of nitrogens with zero attached hydrogens (tertiary/aromatic N) is 1. The van der Waals surface area contributed by atoms with Gasteiger partial charge in [0.05, 0.1) is 16.2 Å². The monoisotopic (exact) mass is 400 g/mol. The highest BCUT2D eigenvalue weighted by molar-refractivity contribution is 7.92. The number of benzene rings is 2. The van der Waals surface area contributed by atoms with Gasteiger partial charge in [-0.25, -0.2) is 13.1 Å². The third-order valence-corrected chi connectivity index (χ3v) is 5.85. The van der Waals surface area contributed by atoms with E-state index in [-0.39, 0.29) is 10.8 Å². The minimum atomic E-state index is -3.86. The summed E-state index contributed by atoms with van der Waals surface area (Å²) in [5, 5.41) is 13.8. The molecule has 0 saturated carbocycles. The molecule has 0 amide bonds. The second-order valence-electron chi connectivity index (χ2n) is 7.51. The minimum absolute atomic E-state index is 0.118. The Bertz CT molecular complexity index is 1080. The maximum absolute atomic E-state index is 13.0. The molecule has 6 nitrogen and oxygen atoms in total. The topological polar surface area (TPSA) is 92.4 Å². The Morgan fingerprint density at radius 1 is 1.07 bits per heavy atom. The van der Waals surface area contributed by atoms with Crippen LogP contribution in [0, 0.1) is 13.8 Å². The molecule has 0 bridgehead atoms. The first kappa shape index (κ1) is 20.1. The van der Waals surface area contributed by atoms with Crippen molar-refractivity contribution in [2.45, 2.75) is 44.6 Å². The molecule has 1 heterocycles. The zero-order valence-corrected chi connectivity index (χ0v) is 17.2. The van der Waals surface area contributed by atoms with Crippen LogP contribution in [0.4, 0.5) is 5.88 Å². The first-order chi connectivity index (χ1) is 13.1. The first-order valence-electron chi connectivity index (χ1n) is 8.93. The molecule has 148 valence electrons. The molecule has 7 heteroatoms. The second kappa shape index (κ2) is 7.41. The van der Waals surface area contributed by atoms with Crippen molar-refractivity contribution >= 4 is 15.9 Å². The summed E-state index contributed by atoms with van der Waals surface area (Å²) >= 11 is 0. The standard InChI is InChI=1S/C21H24N2O4S/c1-14-15(2)22-27-20(14)23-28(25,26)19-8-6-5-7-18(19)17-11-9-16(10-12-17)13-21(3,4)24/h5-12,23-24H,13H2,1-4H3. The first-order valence-corrected chi connectivity index (χ1v) is 10.4. The van der Waals surface area contributed by atoms with Crippen molar-refractivity contribution in [2.75, 3.05) is 4.72 Å². The van der Waals surface area contributed by atoms with Crippen molar-refractivity contribution in [1.29, 1.82) is 0 Å². The van der Waals surface area contributed by atoms with E-state index in [0.717, 1.165) is 11.1 Å². The molecule has 1 aromatic heterocycles. The van der Waals surface area contributed by atoms with Crippen LogP contribution in [-0.4, -0.2) is 24.3 Å². The molecule has 0 unspecified atom stereocenters. The maximum atomic E-state index is 13.0. The number of hydrogen-bond acceptors (Lipinski definition) is 5. The van der Waals surface area contributed by atoms with Crippen molar-refractivity contribution in [3.8, 4) is 11.1 Å². The van der Waals surface area contributed by atoms with Gasteiger partial charge in [-0.2, -0.15) is 0 Å². The Hall–Kier alpha value is -2.64. The van der Waals surface area contributed by atoms with Gasteiger partial charge in [-0.3, -0.25) is 0 Å². The van der Waals surface area contributed by atoms with E-state index in [0.29, 0.717) is 23.2 Å². The molecule has 2 aromatic carbocycles. The molecular formula is C21H24N2O4S. The Labute approximate surface area is 165 Å². The Kier molecular flexibility index (Phi) is 5.32. The molecule has 0 saturated heterocycles. The van der Waals surface area contributed by atoms with Crippen molar-refractivity contribution in [2.24, 2.45) is 0 Å². The number of aliphatic hydroxyl groups is 1. The molecule has 3 aromatic rings. The molecule has 0 spiro atoms. The molecule has 2 N–H and O–H groups in total. The summed E-state index contributed by atoms with van der Waals surface area (Å²) in [6.45, 7) is 7.00. The van der Waals surface area contributed by atoms with Gasteiger partial charge in [-0.1, -0.05) is 47.6 Å². The average Bonchev–Trinajstić information content (AvgIpc) is 2.93. The van der Waals surface area contributed by atoms with Gasteiger partial charge in [-0.15, -0.1) is 0 Å². The van der Waals surface area contributed by atoms with E-state index in [4.69, 9.17) is 4.52 Å². The zero-order valence-electron chi connectivity index (χ0n) is 16.4. The Balaban J connectivity index is 1.96. The van der Waals surface area contributed by atoms with E-state index in [1.165, 1.54) is 0 Å². The molecule has 0 radical (unpaired) electrons. The van der Waals surface area contributed by atoms with Crippen LogP contribution in [0.1, 0.15) is 30.7 Å².